The molecule has 0 atom stereocenters. The van der Waals surface area contributed by atoms with Gasteiger partial charge in [-0.25, -0.2) is 4.68 Å². The van der Waals surface area contributed by atoms with E-state index in [0.29, 0.717) is 11.0 Å². The van der Waals surface area contributed by atoms with Gasteiger partial charge in [-0.15, -0.1) is 10.2 Å². The van der Waals surface area contributed by atoms with Crippen LogP contribution in [0.25, 0.3) is 11.4 Å². The van der Waals surface area contributed by atoms with Crippen molar-refractivity contribution in [3.8, 4) is 11.4 Å². The van der Waals surface area contributed by atoms with Crippen LogP contribution in [0.15, 0.2) is 33.9 Å². The molecule has 0 bridgehead atoms. The van der Waals surface area contributed by atoms with Gasteiger partial charge in [-0.3, -0.25) is 4.79 Å². The van der Waals surface area contributed by atoms with Gasteiger partial charge in [0, 0.05) is 29.2 Å². The molecule has 9 heteroatoms. The first-order valence-corrected chi connectivity index (χ1v) is 10.5. The van der Waals surface area contributed by atoms with Gasteiger partial charge in [0.2, 0.25) is 11.1 Å². The molecular weight excluding hydrogens is 416 g/mol. The Morgan fingerprint density at radius 2 is 2.08 bits per heavy atom. The molecule has 1 amide bonds. The Balaban J connectivity index is 1.54. The number of piperidine rings is 1. The molecule has 0 unspecified atom stereocenters. The average molecular weight is 439 g/mol. The summed E-state index contributed by atoms with van der Waals surface area (Å²) < 4.78 is 2.32. The van der Waals surface area contributed by atoms with Gasteiger partial charge in [0.1, 0.15) is 0 Å². The van der Waals surface area contributed by atoms with Crippen LogP contribution in [-0.2, 0) is 4.79 Å². The van der Waals surface area contributed by atoms with Crippen molar-refractivity contribution in [3.05, 3.63) is 28.7 Å². The molecule has 1 aromatic heterocycles. The third-order valence-electron chi connectivity index (χ3n) is 4.51. The van der Waals surface area contributed by atoms with Gasteiger partial charge < -0.3 is 16.1 Å². The summed E-state index contributed by atoms with van der Waals surface area (Å²) in [6, 6.07) is 7.95. The number of amides is 1. The van der Waals surface area contributed by atoms with Crippen molar-refractivity contribution in [1.29, 1.82) is 0 Å². The number of aromatic nitrogens is 3. The third-order valence-corrected chi connectivity index (χ3v) is 6.15. The molecule has 0 spiro atoms. The Morgan fingerprint density at radius 1 is 1.35 bits per heavy atom. The molecule has 1 aromatic carbocycles. The quantitative estimate of drug-likeness (QED) is 0.530. The fourth-order valence-corrected chi connectivity index (χ4v) is 4.12. The van der Waals surface area contributed by atoms with Crippen molar-refractivity contribution in [2.24, 2.45) is 0 Å². The number of benzene rings is 1. The summed E-state index contributed by atoms with van der Waals surface area (Å²) in [4.78, 5) is 14.6. The Bertz CT molecular complexity index is 759. The molecule has 2 aromatic rings. The zero-order valence-electron chi connectivity index (χ0n) is 14.7. The number of rotatable bonds is 6. The lowest BCUT2D eigenvalue weighted by Gasteiger charge is -2.31. The summed E-state index contributed by atoms with van der Waals surface area (Å²) >= 11 is 4.79. The summed E-state index contributed by atoms with van der Waals surface area (Å²) in [6.45, 7) is 5.32. The molecule has 26 heavy (non-hydrogen) atoms. The minimum atomic E-state index is 0.00962. The van der Waals surface area contributed by atoms with E-state index in [2.05, 4.69) is 43.3 Å². The molecule has 1 fully saturated rings. The predicted molar refractivity (Wildman–Crippen MR) is 107 cm³/mol. The summed E-state index contributed by atoms with van der Waals surface area (Å²) in [5, 5.41) is 11.9. The van der Waals surface area contributed by atoms with Crippen LogP contribution < -0.4 is 11.2 Å². The van der Waals surface area contributed by atoms with Gasteiger partial charge >= 0.3 is 0 Å². The lowest BCUT2D eigenvalue weighted by Crippen LogP contribution is -2.45. The molecule has 0 aliphatic carbocycles. The van der Waals surface area contributed by atoms with E-state index >= 15 is 0 Å². The lowest BCUT2D eigenvalue weighted by molar-refractivity contribution is -0.119. The molecule has 1 saturated heterocycles. The second-order valence-corrected chi connectivity index (χ2v) is 8.02. The maximum Gasteiger partial charge on any atom is 0.230 e. The summed E-state index contributed by atoms with van der Waals surface area (Å²) in [7, 11) is 0. The van der Waals surface area contributed by atoms with Crippen LogP contribution in [-0.4, -0.2) is 57.1 Å². The molecule has 0 saturated carbocycles. The van der Waals surface area contributed by atoms with E-state index < -0.39 is 0 Å². The van der Waals surface area contributed by atoms with Crippen LogP contribution in [0.2, 0.25) is 0 Å². The first kappa shape index (κ1) is 19.2. The fraction of sp³-hybridized carbons (Fsp3) is 0.471. The number of thioether (sulfide) groups is 1. The average Bonchev–Trinajstić information content (AvgIpc) is 3.01. The second-order valence-electron chi connectivity index (χ2n) is 6.22. The van der Waals surface area contributed by atoms with E-state index in [1.165, 1.54) is 16.4 Å². The standard InChI is InChI=1S/C17H23BrN6OS/c1-2-23-9-7-12(8-10-23)20-15(25)11-26-17-22-21-16(24(17)19)13-5-3-4-6-14(13)18/h3-6,12H,2,7-11,19H2,1H3,(H,20,25). The number of nitrogen functional groups attached to an aromatic ring is 1. The van der Waals surface area contributed by atoms with Gasteiger partial charge in [-0.2, -0.15) is 0 Å². The van der Waals surface area contributed by atoms with E-state index in [1.807, 2.05) is 24.3 Å². The number of nitrogens with zero attached hydrogens (tertiary/aromatic N) is 4. The maximum absolute atomic E-state index is 12.2. The molecule has 3 rings (SSSR count). The predicted octanol–water partition coefficient (Wildman–Crippen LogP) is 2.11. The fourth-order valence-electron chi connectivity index (χ4n) is 2.99. The molecule has 7 nitrogen and oxygen atoms in total. The molecular formula is C17H23BrN6OS. The Kier molecular flexibility index (Phi) is 6.55. The van der Waals surface area contributed by atoms with Gasteiger partial charge in [0.25, 0.3) is 0 Å². The first-order chi connectivity index (χ1) is 12.6. The number of hydrogen-bond donors (Lipinski definition) is 2. The van der Waals surface area contributed by atoms with Gasteiger partial charge in [-0.1, -0.05) is 46.7 Å². The molecule has 0 radical (unpaired) electrons. The van der Waals surface area contributed by atoms with E-state index in [4.69, 9.17) is 5.84 Å². The van der Waals surface area contributed by atoms with Crippen molar-refractivity contribution < 1.29 is 4.79 Å². The van der Waals surface area contributed by atoms with Crippen molar-refractivity contribution in [1.82, 2.24) is 25.1 Å². The second kappa shape index (κ2) is 8.88. The highest BCUT2D eigenvalue weighted by atomic mass is 79.9. The van der Waals surface area contributed by atoms with Crippen LogP contribution in [0.1, 0.15) is 19.8 Å². The largest absolute Gasteiger partial charge is 0.353 e. The van der Waals surface area contributed by atoms with Crippen molar-refractivity contribution in [2.75, 3.05) is 31.2 Å². The monoisotopic (exact) mass is 438 g/mol. The molecule has 1 aliphatic rings. The summed E-state index contributed by atoms with van der Waals surface area (Å²) in [5.74, 6) is 6.97. The normalized spacial score (nSPS) is 15.9. The van der Waals surface area contributed by atoms with Crippen molar-refractivity contribution >= 4 is 33.6 Å². The zero-order chi connectivity index (χ0) is 18.5. The highest BCUT2D eigenvalue weighted by Crippen LogP contribution is 2.27. The SMILES string of the molecule is CCN1CCC(NC(=O)CSc2nnc(-c3ccccc3Br)n2N)CC1. The van der Waals surface area contributed by atoms with Crippen LogP contribution in [0.3, 0.4) is 0 Å². The van der Waals surface area contributed by atoms with Gasteiger partial charge in [0.05, 0.1) is 5.75 Å². The van der Waals surface area contributed by atoms with Crippen LogP contribution in [0, 0.1) is 0 Å². The molecule has 140 valence electrons. The van der Waals surface area contributed by atoms with Crippen LogP contribution in [0.5, 0.6) is 0 Å². The van der Waals surface area contributed by atoms with Gasteiger partial charge in [-0.05, 0) is 31.5 Å². The maximum atomic E-state index is 12.2. The summed E-state index contributed by atoms with van der Waals surface area (Å²) in [6.07, 6.45) is 2.01. The topological polar surface area (TPSA) is 89.1 Å². The van der Waals surface area contributed by atoms with Gasteiger partial charge in [0.15, 0.2) is 5.82 Å². The van der Waals surface area contributed by atoms with Crippen LogP contribution in [0.4, 0.5) is 0 Å². The zero-order valence-corrected chi connectivity index (χ0v) is 17.1. The third kappa shape index (κ3) is 4.57. The number of hydrogen-bond acceptors (Lipinski definition) is 6. The minimum absolute atomic E-state index is 0.00962. The number of carbonyl (C=O) groups excluding carboxylic acids is 1. The number of halogens is 1. The smallest absolute Gasteiger partial charge is 0.230 e. The number of likely N-dealkylation sites (tertiary alicyclic amines) is 1. The number of nitrogens with two attached hydrogens (primary N) is 1. The lowest BCUT2D eigenvalue weighted by atomic mass is 10.1. The highest BCUT2D eigenvalue weighted by Gasteiger charge is 2.20. The van der Waals surface area contributed by atoms with E-state index in [1.54, 1.807) is 0 Å². The van der Waals surface area contributed by atoms with Crippen LogP contribution >= 0.6 is 27.7 Å². The Morgan fingerprint density at radius 3 is 2.77 bits per heavy atom. The Labute approximate surface area is 165 Å². The molecule has 1 aliphatic heterocycles. The molecule has 3 N–H and O–H groups in total. The van der Waals surface area contributed by atoms with E-state index in [9.17, 15) is 4.79 Å². The van der Waals surface area contributed by atoms with E-state index in [0.717, 1.165) is 42.5 Å². The highest BCUT2D eigenvalue weighted by molar-refractivity contribution is 9.10. The Hall–Kier alpha value is -1.58. The van der Waals surface area contributed by atoms with Crippen molar-refractivity contribution in [2.45, 2.75) is 31.0 Å². The van der Waals surface area contributed by atoms with E-state index in [-0.39, 0.29) is 17.7 Å². The first-order valence-electron chi connectivity index (χ1n) is 8.68. The summed E-state index contributed by atoms with van der Waals surface area (Å²) in [5.41, 5.74) is 0.862. The minimum Gasteiger partial charge on any atom is -0.353 e. The number of nitrogens with one attached hydrogen (secondary N) is 1. The van der Waals surface area contributed by atoms with Crippen molar-refractivity contribution in [3.63, 3.8) is 0 Å². The molecule has 2 heterocycles. The number of carbonyl (C=O) groups is 1.